The number of methoxy groups -OCH3 is 1. The van der Waals surface area contributed by atoms with Gasteiger partial charge in [0.2, 0.25) is 0 Å². The van der Waals surface area contributed by atoms with Gasteiger partial charge in [0.05, 0.1) is 18.7 Å². The molecule has 0 bridgehead atoms. The third-order valence-corrected chi connectivity index (χ3v) is 3.63. The van der Waals surface area contributed by atoms with Gasteiger partial charge in [-0.2, -0.15) is 0 Å². The number of nitrogens with one attached hydrogen (secondary N) is 1. The van der Waals surface area contributed by atoms with Crippen molar-refractivity contribution in [3.8, 4) is 5.75 Å². The van der Waals surface area contributed by atoms with E-state index in [0.29, 0.717) is 17.2 Å². The smallest absolute Gasteiger partial charge is 0.132 e. The summed E-state index contributed by atoms with van der Waals surface area (Å²) in [7, 11) is 1.56. The van der Waals surface area contributed by atoms with Gasteiger partial charge >= 0.3 is 0 Å². The van der Waals surface area contributed by atoms with Crippen LogP contribution < -0.4 is 10.1 Å². The topological polar surface area (TPSA) is 21.3 Å². The van der Waals surface area contributed by atoms with E-state index in [9.17, 15) is 4.39 Å². The summed E-state index contributed by atoms with van der Waals surface area (Å²) in [6, 6.07) is 13.0. The average Bonchev–Trinajstić information content (AvgIpc) is 2.47. The summed E-state index contributed by atoms with van der Waals surface area (Å²) in [5.41, 5.74) is 2.81. The molecule has 0 aliphatic carbocycles. The van der Waals surface area contributed by atoms with Crippen LogP contribution in [-0.4, -0.2) is 7.11 Å². The van der Waals surface area contributed by atoms with Crippen LogP contribution in [0.3, 0.4) is 0 Å². The molecule has 0 heterocycles. The van der Waals surface area contributed by atoms with Crippen LogP contribution in [0.4, 0.5) is 10.1 Å². The molecule has 0 amide bonds. The van der Waals surface area contributed by atoms with E-state index in [1.165, 1.54) is 11.6 Å². The zero-order chi connectivity index (χ0) is 15.4. The monoisotopic (exact) mass is 287 g/mol. The predicted octanol–water partition coefficient (Wildman–Crippen LogP) is 5.13. The van der Waals surface area contributed by atoms with Crippen molar-refractivity contribution in [1.29, 1.82) is 0 Å². The van der Waals surface area contributed by atoms with E-state index in [2.05, 4.69) is 31.3 Å². The highest BCUT2D eigenvalue weighted by atomic mass is 19.1. The summed E-state index contributed by atoms with van der Waals surface area (Å²) >= 11 is 0. The molecular weight excluding hydrogens is 265 g/mol. The van der Waals surface area contributed by atoms with Gasteiger partial charge in [0.25, 0.3) is 0 Å². The molecule has 3 heteroatoms. The Morgan fingerprint density at radius 2 is 1.67 bits per heavy atom. The van der Waals surface area contributed by atoms with Crippen molar-refractivity contribution >= 4 is 5.69 Å². The lowest BCUT2D eigenvalue weighted by Gasteiger charge is -2.19. The number of anilines is 1. The second kappa shape index (κ2) is 6.61. The number of ether oxygens (including phenoxy) is 1. The summed E-state index contributed by atoms with van der Waals surface area (Å²) in [6.45, 7) is 6.25. The number of hydrogen-bond donors (Lipinski definition) is 1. The number of rotatable bonds is 5. The Bertz CT molecular complexity index is 593. The molecule has 0 spiro atoms. The maximum Gasteiger partial charge on any atom is 0.132 e. The minimum atomic E-state index is -0.256. The van der Waals surface area contributed by atoms with Crippen molar-refractivity contribution in [2.45, 2.75) is 32.7 Å². The molecule has 0 fully saturated rings. The number of benzene rings is 2. The highest BCUT2D eigenvalue weighted by molar-refractivity contribution is 5.49. The van der Waals surface area contributed by atoms with E-state index in [1.807, 2.05) is 19.1 Å². The lowest BCUT2D eigenvalue weighted by Crippen LogP contribution is -2.10. The maximum atomic E-state index is 14.0. The largest absolute Gasteiger partial charge is 0.496 e. The van der Waals surface area contributed by atoms with Crippen molar-refractivity contribution in [2.24, 2.45) is 0 Å². The van der Waals surface area contributed by atoms with Gasteiger partial charge in [0.1, 0.15) is 11.6 Å². The van der Waals surface area contributed by atoms with Gasteiger partial charge in [-0.25, -0.2) is 4.39 Å². The van der Waals surface area contributed by atoms with Crippen molar-refractivity contribution < 1.29 is 9.13 Å². The zero-order valence-electron chi connectivity index (χ0n) is 13.0. The van der Waals surface area contributed by atoms with E-state index in [1.54, 1.807) is 19.2 Å². The van der Waals surface area contributed by atoms with Gasteiger partial charge in [-0.1, -0.05) is 32.0 Å². The Hall–Kier alpha value is -2.03. The summed E-state index contributed by atoms with van der Waals surface area (Å²) in [5, 5.41) is 3.32. The normalized spacial score (nSPS) is 12.3. The average molecular weight is 287 g/mol. The van der Waals surface area contributed by atoms with Crippen molar-refractivity contribution in [3.05, 3.63) is 59.4 Å². The van der Waals surface area contributed by atoms with Gasteiger partial charge in [0, 0.05) is 5.69 Å². The summed E-state index contributed by atoms with van der Waals surface area (Å²) in [6.07, 6.45) is 0. The van der Waals surface area contributed by atoms with Crippen LogP contribution in [0.1, 0.15) is 43.9 Å². The molecule has 0 aliphatic rings. The summed E-state index contributed by atoms with van der Waals surface area (Å²) in [5.74, 6) is 0.810. The minimum absolute atomic E-state index is 0.175. The SMILES string of the molecule is COc1cccc(F)c1C(C)Nc1ccc(C(C)C)cc1. The molecule has 0 aromatic heterocycles. The molecule has 1 N–H and O–H groups in total. The third-order valence-electron chi connectivity index (χ3n) is 3.63. The van der Waals surface area contributed by atoms with E-state index in [4.69, 9.17) is 4.74 Å². The van der Waals surface area contributed by atoms with E-state index >= 15 is 0 Å². The Kier molecular flexibility index (Phi) is 4.84. The first kappa shape index (κ1) is 15.4. The van der Waals surface area contributed by atoms with Crippen LogP contribution in [0.5, 0.6) is 5.75 Å². The number of hydrogen-bond acceptors (Lipinski definition) is 2. The molecule has 21 heavy (non-hydrogen) atoms. The molecule has 2 aromatic rings. The Balaban J connectivity index is 2.20. The second-order valence-electron chi connectivity index (χ2n) is 5.50. The fourth-order valence-electron chi connectivity index (χ4n) is 2.40. The highest BCUT2D eigenvalue weighted by Gasteiger charge is 2.16. The predicted molar refractivity (Wildman–Crippen MR) is 85.5 cm³/mol. The molecule has 0 saturated carbocycles. The number of halogens is 1. The van der Waals surface area contributed by atoms with Crippen LogP contribution in [0, 0.1) is 5.82 Å². The van der Waals surface area contributed by atoms with E-state index < -0.39 is 0 Å². The standard InChI is InChI=1S/C18H22FNO/c1-12(2)14-8-10-15(11-9-14)20-13(3)18-16(19)6-5-7-17(18)21-4/h5-13,20H,1-4H3. The lowest BCUT2D eigenvalue weighted by atomic mass is 10.0. The molecule has 0 radical (unpaired) electrons. The van der Waals surface area contributed by atoms with Crippen molar-refractivity contribution in [1.82, 2.24) is 0 Å². The van der Waals surface area contributed by atoms with E-state index in [0.717, 1.165) is 5.69 Å². The van der Waals surface area contributed by atoms with Crippen LogP contribution in [0.2, 0.25) is 0 Å². The summed E-state index contributed by atoms with van der Waals surface area (Å²) < 4.78 is 19.3. The Morgan fingerprint density at radius 3 is 2.24 bits per heavy atom. The molecule has 112 valence electrons. The third kappa shape index (κ3) is 3.54. The van der Waals surface area contributed by atoms with Gasteiger partial charge in [-0.15, -0.1) is 0 Å². The minimum Gasteiger partial charge on any atom is -0.496 e. The Morgan fingerprint density at radius 1 is 1.00 bits per heavy atom. The van der Waals surface area contributed by atoms with Gasteiger partial charge in [-0.05, 0) is 42.7 Å². The lowest BCUT2D eigenvalue weighted by molar-refractivity contribution is 0.402. The molecule has 1 unspecified atom stereocenters. The van der Waals surface area contributed by atoms with Crippen LogP contribution >= 0.6 is 0 Å². The van der Waals surface area contributed by atoms with Crippen LogP contribution in [-0.2, 0) is 0 Å². The quantitative estimate of drug-likeness (QED) is 0.823. The molecule has 1 atom stereocenters. The molecule has 0 aliphatic heterocycles. The Labute approximate surface area is 126 Å². The fourth-order valence-corrected chi connectivity index (χ4v) is 2.40. The summed E-state index contributed by atoms with van der Waals surface area (Å²) in [4.78, 5) is 0. The molecular formula is C18H22FNO. The molecule has 0 saturated heterocycles. The van der Waals surface area contributed by atoms with Crippen LogP contribution in [0.15, 0.2) is 42.5 Å². The zero-order valence-corrected chi connectivity index (χ0v) is 13.0. The first-order chi connectivity index (χ1) is 10.0. The van der Waals surface area contributed by atoms with Gasteiger partial charge < -0.3 is 10.1 Å². The molecule has 2 rings (SSSR count). The van der Waals surface area contributed by atoms with Gasteiger partial charge in [0.15, 0.2) is 0 Å². The fraction of sp³-hybridized carbons (Fsp3) is 0.333. The first-order valence-electron chi connectivity index (χ1n) is 7.21. The van der Waals surface area contributed by atoms with Crippen molar-refractivity contribution in [3.63, 3.8) is 0 Å². The van der Waals surface area contributed by atoms with Crippen LogP contribution in [0.25, 0.3) is 0 Å². The first-order valence-corrected chi connectivity index (χ1v) is 7.21. The second-order valence-corrected chi connectivity index (χ2v) is 5.50. The molecule has 2 aromatic carbocycles. The van der Waals surface area contributed by atoms with E-state index in [-0.39, 0.29) is 11.9 Å². The molecule has 2 nitrogen and oxygen atoms in total. The van der Waals surface area contributed by atoms with Crippen molar-refractivity contribution in [2.75, 3.05) is 12.4 Å². The van der Waals surface area contributed by atoms with Gasteiger partial charge in [-0.3, -0.25) is 0 Å². The highest BCUT2D eigenvalue weighted by Crippen LogP contribution is 2.30. The maximum absolute atomic E-state index is 14.0.